The molecule has 3 aliphatic rings. The van der Waals surface area contributed by atoms with Crippen molar-refractivity contribution in [3.05, 3.63) is 29.6 Å². The third-order valence-electron chi connectivity index (χ3n) is 5.39. The summed E-state index contributed by atoms with van der Waals surface area (Å²) >= 11 is 0. The topological polar surface area (TPSA) is 28.2 Å². The number of hydrogen-bond acceptors (Lipinski definition) is 3. The first-order valence-corrected chi connectivity index (χ1v) is 7.52. The number of aromatic nitrogens is 1. The number of nitrogens with zero attached hydrogens (tertiary/aromatic N) is 2. The molecule has 0 radical (unpaired) electrons. The first kappa shape index (κ1) is 18.8. The summed E-state index contributed by atoms with van der Waals surface area (Å²) in [4.78, 5) is 6.07. The molecular weight excluding hydrogens is 350 g/mol. The fourth-order valence-electron chi connectivity index (χ4n) is 4.53. The molecule has 3 saturated heterocycles. The van der Waals surface area contributed by atoms with E-state index in [0.717, 1.165) is 43.1 Å². The van der Waals surface area contributed by atoms with Crippen LogP contribution >= 0.6 is 24.8 Å². The van der Waals surface area contributed by atoms with E-state index in [4.69, 9.17) is 0 Å². The van der Waals surface area contributed by atoms with Gasteiger partial charge in [-0.25, -0.2) is 0 Å². The summed E-state index contributed by atoms with van der Waals surface area (Å²) < 4.78 is 37.6. The van der Waals surface area contributed by atoms with Crippen LogP contribution in [0.5, 0.6) is 0 Å². The average Bonchev–Trinajstić information content (AvgIpc) is 3.10. The molecule has 3 nitrogen and oxygen atoms in total. The maximum absolute atomic E-state index is 12.5. The first-order valence-electron chi connectivity index (χ1n) is 7.52. The van der Waals surface area contributed by atoms with E-state index in [2.05, 4.69) is 15.2 Å². The largest absolute Gasteiger partial charge is 0.433 e. The van der Waals surface area contributed by atoms with Gasteiger partial charge in [-0.3, -0.25) is 9.88 Å². The number of halogens is 5. The summed E-state index contributed by atoms with van der Waals surface area (Å²) in [7, 11) is 0. The van der Waals surface area contributed by atoms with Crippen LogP contribution in [0, 0.1) is 11.8 Å². The third-order valence-corrected chi connectivity index (χ3v) is 5.39. The minimum atomic E-state index is -4.35. The smallest absolute Gasteiger partial charge is 0.316 e. The van der Waals surface area contributed by atoms with Crippen molar-refractivity contribution in [3.63, 3.8) is 0 Å². The minimum Gasteiger partial charge on any atom is -0.316 e. The van der Waals surface area contributed by atoms with Crippen LogP contribution in [-0.4, -0.2) is 35.1 Å². The number of nitrogens with one attached hydrogen (secondary N) is 1. The number of fused-ring (bicyclic) bond motifs is 5. The van der Waals surface area contributed by atoms with Crippen LogP contribution in [0.15, 0.2) is 18.3 Å². The first-order chi connectivity index (χ1) is 10.0. The Labute approximate surface area is 145 Å². The molecule has 0 unspecified atom stereocenters. The van der Waals surface area contributed by atoms with Crippen LogP contribution < -0.4 is 5.32 Å². The van der Waals surface area contributed by atoms with Crippen molar-refractivity contribution in [3.8, 4) is 0 Å². The van der Waals surface area contributed by atoms with Crippen LogP contribution in [0.4, 0.5) is 13.2 Å². The molecule has 3 fully saturated rings. The normalized spacial score (nSPS) is 32.3. The molecule has 0 spiro atoms. The highest BCUT2D eigenvalue weighted by atomic mass is 35.5. The van der Waals surface area contributed by atoms with Gasteiger partial charge in [0.2, 0.25) is 0 Å². The third kappa shape index (κ3) is 3.18. The highest BCUT2D eigenvalue weighted by Crippen LogP contribution is 2.47. The molecule has 3 aliphatic heterocycles. The Balaban J connectivity index is 0.000000960. The number of pyridine rings is 1. The van der Waals surface area contributed by atoms with Crippen LogP contribution in [0.3, 0.4) is 0 Å². The van der Waals surface area contributed by atoms with E-state index in [1.54, 1.807) is 6.07 Å². The van der Waals surface area contributed by atoms with Crippen LogP contribution in [0.2, 0.25) is 0 Å². The monoisotopic (exact) mass is 369 g/mol. The summed E-state index contributed by atoms with van der Waals surface area (Å²) in [5.74, 6) is 1.46. The molecule has 2 bridgehead atoms. The molecule has 4 heterocycles. The van der Waals surface area contributed by atoms with Gasteiger partial charge in [-0.2, -0.15) is 13.2 Å². The van der Waals surface area contributed by atoms with Crippen molar-refractivity contribution >= 4 is 24.8 Å². The molecule has 0 aliphatic carbocycles. The zero-order chi connectivity index (χ0) is 14.6. The summed E-state index contributed by atoms with van der Waals surface area (Å²) in [6.07, 6.45) is -0.522. The summed E-state index contributed by atoms with van der Waals surface area (Å²) in [6, 6.07) is 3.85. The molecule has 0 aromatic carbocycles. The van der Waals surface area contributed by atoms with E-state index in [-0.39, 0.29) is 24.8 Å². The van der Waals surface area contributed by atoms with E-state index < -0.39 is 11.9 Å². The molecule has 0 saturated carbocycles. The van der Waals surface area contributed by atoms with Crippen LogP contribution in [0.25, 0.3) is 0 Å². The second-order valence-corrected chi connectivity index (χ2v) is 6.42. The van der Waals surface area contributed by atoms with Gasteiger partial charge in [0.1, 0.15) is 5.69 Å². The zero-order valence-electron chi connectivity index (χ0n) is 12.4. The second kappa shape index (κ2) is 6.75. The number of hydrogen-bond donors (Lipinski definition) is 1. The SMILES string of the molecule is Cl.Cl.FC(F)(F)c1ccc(CN2[C@@H]3CC[C@H]2[C@H]2CNC[C@H]23)cn1. The van der Waals surface area contributed by atoms with Crippen molar-refractivity contribution in [2.24, 2.45) is 11.8 Å². The van der Waals surface area contributed by atoms with Gasteiger partial charge in [-0.1, -0.05) is 6.07 Å². The van der Waals surface area contributed by atoms with Crippen molar-refractivity contribution in [2.75, 3.05) is 13.1 Å². The zero-order valence-corrected chi connectivity index (χ0v) is 14.1. The van der Waals surface area contributed by atoms with E-state index in [1.165, 1.54) is 19.0 Å². The molecule has 23 heavy (non-hydrogen) atoms. The van der Waals surface area contributed by atoms with E-state index in [0.29, 0.717) is 12.1 Å². The van der Waals surface area contributed by atoms with Gasteiger partial charge in [-0.15, -0.1) is 24.8 Å². The molecule has 4 atom stereocenters. The lowest BCUT2D eigenvalue weighted by Crippen LogP contribution is -2.33. The summed E-state index contributed by atoms with van der Waals surface area (Å²) in [5.41, 5.74) is 0.0737. The lowest BCUT2D eigenvalue weighted by atomic mass is 9.82. The number of alkyl halides is 3. The highest BCUT2D eigenvalue weighted by molar-refractivity contribution is 5.85. The molecule has 8 heteroatoms. The maximum Gasteiger partial charge on any atom is 0.433 e. The molecule has 1 aromatic rings. The molecule has 1 aromatic heterocycles. The van der Waals surface area contributed by atoms with Gasteiger partial charge in [-0.05, 0) is 49.4 Å². The Hall–Kier alpha value is -0.560. The van der Waals surface area contributed by atoms with E-state index in [9.17, 15) is 13.2 Å². The molecule has 1 N–H and O–H groups in total. The Kier molecular flexibility index (Phi) is 5.51. The Morgan fingerprint density at radius 2 is 1.70 bits per heavy atom. The van der Waals surface area contributed by atoms with Crippen molar-refractivity contribution in [2.45, 2.75) is 37.6 Å². The standard InChI is InChI=1S/C15H18F3N3.2ClH/c16-15(17,18)14-4-1-9(5-20-14)8-21-12-2-3-13(21)11-7-19-6-10(11)12;;/h1,4-5,10-13,19H,2-3,6-8H2;2*1H/t10-,11+,12-,13+;;. The maximum atomic E-state index is 12.5. The van der Waals surface area contributed by atoms with E-state index >= 15 is 0 Å². The van der Waals surface area contributed by atoms with Crippen molar-refractivity contribution in [1.82, 2.24) is 15.2 Å². The second-order valence-electron chi connectivity index (χ2n) is 6.42. The average molecular weight is 370 g/mol. The van der Waals surface area contributed by atoms with Gasteiger partial charge in [0.05, 0.1) is 0 Å². The summed E-state index contributed by atoms with van der Waals surface area (Å²) in [5, 5.41) is 3.47. The Morgan fingerprint density at radius 3 is 2.17 bits per heavy atom. The van der Waals surface area contributed by atoms with Gasteiger partial charge < -0.3 is 5.32 Å². The van der Waals surface area contributed by atoms with Crippen molar-refractivity contribution in [1.29, 1.82) is 0 Å². The predicted octanol–water partition coefficient (Wildman–Crippen LogP) is 3.13. The fraction of sp³-hybridized carbons (Fsp3) is 0.667. The Bertz CT molecular complexity index is 520. The minimum absolute atomic E-state index is 0. The van der Waals surface area contributed by atoms with Crippen LogP contribution in [0.1, 0.15) is 24.1 Å². The van der Waals surface area contributed by atoms with Gasteiger partial charge in [0.25, 0.3) is 0 Å². The fourth-order valence-corrected chi connectivity index (χ4v) is 4.53. The molecular formula is C15H20Cl2F3N3. The highest BCUT2D eigenvalue weighted by Gasteiger charge is 2.54. The summed E-state index contributed by atoms with van der Waals surface area (Å²) in [6.45, 7) is 2.91. The van der Waals surface area contributed by atoms with Gasteiger partial charge in [0.15, 0.2) is 0 Å². The van der Waals surface area contributed by atoms with Crippen molar-refractivity contribution < 1.29 is 13.2 Å². The molecule has 130 valence electrons. The van der Waals surface area contributed by atoms with Gasteiger partial charge in [0, 0.05) is 24.8 Å². The quantitative estimate of drug-likeness (QED) is 0.867. The lowest BCUT2D eigenvalue weighted by molar-refractivity contribution is -0.141. The molecule has 4 rings (SSSR count). The molecule has 0 amide bonds. The Morgan fingerprint density at radius 1 is 1.09 bits per heavy atom. The predicted molar refractivity (Wildman–Crippen MR) is 85.9 cm³/mol. The lowest BCUT2D eigenvalue weighted by Gasteiger charge is -2.24. The van der Waals surface area contributed by atoms with E-state index in [1.807, 2.05) is 0 Å². The van der Waals surface area contributed by atoms with Crippen LogP contribution in [-0.2, 0) is 12.7 Å². The number of rotatable bonds is 2. The van der Waals surface area contributed by atoms with Gasteiger partial charge >= 0.3 is 6.18 Å².